The third-order valence-corrected chi connectivity index (χ3v) is 1.40. The summed E-state index contributed by atoms with van der Waals surface area (Å²) in [7, 11) is 0. The molecule has 0 aromatic heterocycles. The zero-order valence-corrected chi connectivity index (χ0v) is 7.67. The second kappa shape index (κ2) is 5.60. The van der Waals surface area contributed by atoms with Crippen LogP contribution in [0.1, 0.15) is 20.3 Å². The van der Waals surface area contributed by atoms with Gasteiger partial charge in [-0.1, -0.05) is 17.3 Å². The summed E-state index contributed by atoms with van der Waals surface area (Å²) in [6.07, 6.45) is 0.545. The van der Waals surface area contributed by atoms with Gasteiger partial charge in [-0.3, -0.25) is 0 Å². The molecule has 0 saturated heterocycles. The van der Waals surface area contributed by atoms with E-state index in [0.717, 1.165) is 12.1 Å². The Bertz CT molecular complexity index is 177. The maximum atomic E-state index is 8.28. The Morgan fingerprint density at radius 2 is 2.33 bits per heavy atom. The van der Waals surface area contributed by atoms with Gasteiger partial charge in [0.05, 0.1) is 0 Å². The lowest BCUT2D eigenvalue weighted by molar-refractivity contribution is 0.316. The first-order valence-corrected chi connectivity index (χ1v) is 3.90. The molecule has 0 amide bonds. The van der Waals surface area contributed by atoms with Crippen molar-refractivity contribution in [3.8, 4) is 0 Å². The summed E-state index contributed by atoms with van der Waals surface area (Å²) in [5.41, 5.74) is 6.39. The first-order chi connectivity index (χ1) is 5.56. The zero-order chi connectivity index (χ0) is 9.56. The van der Waals surface area contributed by atoms with Crippen molar-refractivity contribution in [2.24, 2.45) is 10.9 Å². The molecule has 12 heavy (non-hydrogen) atoms. The van der Waals surface area contributed by atoms with Gasteiger partial charge in [0.25, 0.3) is 0 Å². The highest BCUT2D eigenvalue weighted by atomic mass is 16.4. The lowest BCUT2D eigenvalue weighted by Crippen LogP contribution is -2.32. The molecule has 0 aromatic carbocycles. The van der Waals surface area contributed by atoms with Crippen molar-refractivity contribution in [3.05, 3.63) is 12.2 Å². The minimum absolute atomic E-state index is 0.206. The smallest absolute Gasteiger partial charge is 0.140 e. The molecule has 1 atom stereocenters. The number of nitrogens with one attached hydrogen (secondary N) is 1. The molecule has 0 fully saturated rings. The summed E-state index contributed by atoms with van der Waals surface area (Å²) in [4.78, 5) is 0. The number of amidine groups is 1. The van der Waals surface area contributed by atoms with Gasteiger partial charge >= 0.3 is 0 Å². The molecule has 0 heterocycles. The molecule has 0 radical (unpaired) electrons. The molecule has 1 unspecified atom stereocenters. The summed E-state index contributed by atoms with van der Waals surface area (Å²) < 4.78 is 0. The minimum atomic E-state index is 0.206. The Kier molecular flexibility index (Phi) is 5.12. The molecule has 0 spiro atoms. The predicted molar refractivity (Wildman–Crippen MR) is 50.3 cm³/mol. The van der Waals surface area contributed by atoms with Gasteiger partial charge in [-0.25, -0.2) is 0 Å². The molecular formula is C8H17N3O. The molecule has 4 N–H and O–H groups in total. The quantitative estimate of drug-likeness (QED) is 0.187. The van der Waals surface area contributed by atoms with E-state index in [-0.39, 0.29) is 11.9 Å². The Labute approximate surface area is 73.1 Å². The number of oxime groups is 1. The Hall–Kier alpha value is -1.03. The fourth-order valence-corrected chi connectivity index (χ4v) is 0.775. The van der Waals surface area contributed by atoms with Gasteiger partial charge in [0.2, 0.25) is 0 Å². The largest absolute Gasteiger partial charge is 0.409 e. The minimum Gasteiger partial charge on any atom is -0.409 e. The van der Waals surface area contributed by atoms with E-state index in [1.54, 1.807) is 0 Å². The molecule has 0 aliphatic heterocycles. The predicted octanol–water partition coefficient (Wildman–Crippen LogP) is 0.677. The second-order valence-corrected chi connectivity index (χ2v) is 3.03. The molecule has 0 bridgehead atoms. The molecule has 0 aromatic rings. The van der Waals surface area contributed by atoms with Crippen molar-refractivity contribution in [1.29, 1.82) is 0 Å². The fourth-order valence-electron chi connectivity index (χ4n) is 0.775. The zero-order valence-electron chi connectivity index (χ0n) is 7.67. The Morgan fingerprint density at radius 3 is 2.75 bits per heavy atom. The van der Waals surface area contributed by atoms with Crippen LogP contribution in [0.25, 0.3) is 0 Å². The van der Waals surface area contributed by atoms with Crippen molar-refractivity contribution >= 4 is 5.84 Å². The molecular weight excluding hydrogens is 154 g/mol. The van der Waals surface area contributed by atoms with Gasteiger partial charge in [-0.15, -0.1) is 0 Å². The highest BCUT2D eigenvalue weighted by Gasteiger charge is 2.03. The van der Waals surface area contributed by atoms with Gasteiger partial charge in [0.15, 0.2) is 0 Å². The normalized spacial score (nSPS) is 14.3. The van der Waals surface area contributed by atoms with Crippen molar-refractivity contribution < 1.29 is 5.21 Å². The first-order valence-electron chi connectivity index (χ1n) is 3.90. The van der Waals surface area contributed by atoms with E-state index in [1.807, 2.05) is 13.8 Å². The fraction of sp³-hybridized carbons (Fsp3) is 0.625. The van der Waals surface area contributed by atoms with Gasteiger partial charge in [-0.05, 0) is 13.8 Å². The van der Waals surface area contributed by atoms with E-state index in [0.29, 0.717) is 6.42 Å². The number of hydrogen-bond donors (Lipinski definition) is 3. The summed E-state index contributed by atoms with van der Waals surface area (Å²) in [5.74, 6) is 0.247. The van der Waals surface area contributed by atoms with Gasteiger partial charge in [0.1, 0.15) is 5.84 Å². The van der Waals surface area contributed by atoms with E-state index in [2.05, 4.69) is 17.1 Å². The van der Waals surface area contributed by atoms with Crippen molar-refractivity contribution in [1.82, 2.24) is 5.32 Å². The molecule has 4 heteroatoms. The molecule has 0 aliphatic carbocycles. The third-order valence-electron chi connectivity index (χ3n) is 1.40. The third kappa shape index (κ3) is 5.73. The van der Waals surface area contributed by atoms with E-state index < -0.39 is 0 Å². The van der Waals surface area contributed by atoms with E-state index in [9.17, 15) is 0 Å². The van der Waals surface area contributed by atoms with E-state index in [1.165, 1.54) is 0 Å². The molecule has 4 nitrogen and oxygen atoms in total. The van der Waals surface area contributed by atoms with Crippen molar-refractivity contribution in [3.63, 3.8) is 0 Å². The molecule has 0 rings (SSSR count). The van der Waals surface area contributed by atoms with Crippen LogP contribution in [-0.4, -0.2) is 23.6 Å². The van der Waals surface area contributed by atoms with Crippen LogP contribution in [-0.2, 0) is 0 Å². The second-order valence-electron chi connectivity index (χ2n) is 3.03. The van der Waals surface area contributed by atoms with Crippen LogP contribution < -0.4 is 11.1 Å². The molecule has 0 saturated carbocycles. The summed E-state index contributed by atoms with van der Waals surface area (Å²) in [6.45, 7) is 8.44. The van der Waals surface area contributed by atoms with Gasteiger partial charge in [0, 0.05) is 19.0 Å². The lowest BCUT2D eigenvalue weighted by Gasteiger charge is -2.12. The topological polar surface area (TPSA) is 70.6 Å². The Morgan fingerprint density at radius 1 is 1.75 bits per heavy atom. The van der Waals surface area contributed by atoms with Crippen LogP contribution in [0.15, 0.2) is 17.3 Å². The highest BCUT2D eigenvalue weighted by Crippen LogP contribution is 1.92. The van der Waals surface area contributed by atoms with Crippen molar-refractivity contribution in [2.45, 2.75) is 26.3 Å². The average Bonchev–Trinajstić information content (AvgIpc) is 2.00. The van der Waals surface area contributed by atoms with Crippen molar-refractivity contribution in [2.75, 3.05) is 6.54 Å². The number of nitrogens with two attached hydrogens (primary N) is 1. The summed E-state index contributed by atoms with van der Waals surface area (Å²) >= 11 is 0. The number of rotatable bonds is 5. The van der Waals surface area contributed by atoms with Crippen LogP contribution in [0.2, 0.25) is 0 Å². The van der Waals surface area contributed by atoms with Crippen LogP contribution in [0.4, 0.5) is 0 Å². The van der Waals surface area contributed by atoms with Gasteiger partial charge < -0.3 is 16.3 Å². The van der Waals surface area contributed by atoms with E-state index in [4.69, 9.17) is 10.9 Å². The average molecular weight is 171 g/mol. The molecule has 0 aliphatic rings. The number of nitrogens with zero attached hydrogens (tertiary/aromatic N) is 1. The summed E-state index contributed by atoms with van der Waals surface area (Å²) in [5, 5.41) is 14.3. The first kappa shape index (κ1) is 11.0. The van der Waals surface area contributed by atoms with E-state index >= 15 is 0 Å². The van der Waals surface area contributed by atoms with Crippen LogP contribution in [0.3, 0.4) is 0 Å². The van der Waals surface area contributed by atoms with Gasteiger partial charge in [-0.2, -0.15) is 0 Å². The standard InChI is InChI=1S/C8H17N3O/c1-6(2)5-10-7(3)4-8(9)11-12/h7,10,12H,1,4-5H2,2-3H3,(H2,9,11). The monoisotopic (exact) mass is 171 g/mol. The summed E-state index contributed by atoms with van der Waals surface area (Å²) in [6, 6.07) is 0.206. The highest BCUT2D eigenvalue weighted by molar-refractivity contribution is 5.80. The maximum Gasteiger partial charge on any atom is 0.140 e. The van der Waals surface area contributed by atoms with Crippen LogP contribution in [0.5, 0.6) is 0 Å². The maximum absolute atomic E-state index is 8.28. The lowest BCUT2D eigenvalue weighted by atomic mass is 10.2. The Balaban J connectivity index is 3.59. The molecule has 70 valence electrons. The van der Waals surface area contributed by atoms with Crippen LogP contribution >= 0.6 is 0 Å². The number of hydrogen-bond acceptors (Lipinski definition) is 3. The SMILES string of the molecule is C=C(C)CNC(C)CC(N)=NO. The van der Waals surface area contributed by atoms with Crippen LogP contribution in [0, 0.1) is 0 Å².